The van der Waals surface area contributed by atoms with E-state index < -0.39 is 6.09 Å². The molecular weight excluding hydrogens is 222 g/mol. The number of amides is 1. The minimum absolute atomic E-state index is 0.344. The molecular formula is C12H17NO4. The lowest BCUT2D eigenvalue weighted by Crippen LogP contribution is -2.26. The van der Waals surface area contributed by atoms with Gasteiger partial charge in [0.05, 0.1) is 26.5 Å². The zero-order valence-corrected chi connectivity index (χ0v) is 10.5. The second-order valence-corrected chi connectivity index (χ2v) is 3.30. The summed E-state index contributed by atoms with van der Waals surface area (Å²) >= 11 is 0. The number of carbonyl (C=O) groups excluding carboxylic acids is 1. The third-order valence-electron chi connectivity index (χ3n) is 2.30. The second kappa shape index (κ2) is 5.98. The Kier molecular flexibility index (Phi) is 4.63. The van der Waals surface area contributed by atoms with Crippen LogP contribution in [0.25, 0.3) is 0 Å². The fraction of sp³-hybridized carbons (Fsp3) is 0.417. The lowest BCUT2D eigenvalue weighted by Gasteiger charge is -2.18. The fourth-order valence-electron chi connectivity index (χ4n) is 1.36. The van der Waals surface area contributed by atoms with Gasteiger partial charge in [-0.3, -0.25) is 4.90 Å². The summed E-state index contributed by atoms with van der Waals surface area (Å²) in [5, 5.41) is 0. The molecule has 94 valence electrons. The highest BCUT2D eigenvalue weighted by Crippen LogP contribution is 2.31. The van der Waals surface area contributed by atoms with Crippen LogP contribution in [-0.2, 0) is 4.74 Å². The lowest BCUT2D eigenvalue weighted by molar-refractivity contribution is 0.161. The Balaban J connectivity index is 2.95. The summed E-state index contributed by atoms with van der Waals surface area (Å²) in [7, 11) is 4.75. The van der Waals surface area contributed by atoms with Crippen molar-refractivity contribution in [1.82, 2.24) is 0 Å². The Bertz CT molecular complexity index is 392. The highest BCUT2D eigenvalue weighted by molar-refractivity contribution is 5.87. The van der Waals surface area contributed by atoms with Crippen LogP contribution in [0.4, 0.5) is 10.5 Å². The predicted molar refractivity (Wildman–Crippen MR) is 65.0 cm³/mol. The molecule has 0 saturated carbocycles. The van der Waals surface area contributed by atoms with E-state index in [1.165, 1.54) is 4.90 Å². The SMILES string of the molecule is CCOC(=O)N(C)c1ccc(OC)c(OC)c1. The molecule has 0 unspecified atom stereocenters. The fourth-order valence-corrected chi connectivity index (χ4v) is 1.36. The van der Waals surface area contributed by atoms with Gasteiger partial charge in [-0.2, -0.15) is 0 Å². The van der Waals surface area contributed by atoms with E-state index in [1.807, 2.05) is 0 Å². The number of hydrogen-bond donors (Lipinski definition) is 0. The Hall–Kier alpha value is -1.91. The lowest BCUT2D eigenvalue weighted by atomic mass is 10.2. The van der Waals surface area contributed by atoms with Crippen molar-refractivity contribution < 1.29 is 19.0 Å². The molecule has 1 aromatic carbocycles. The van der Waals surface area contributed by atoms with Crippen molar-refractivity contribution in [2.45, 2.75) is 6.92 Å². The summed E-state index contributed by atoms with van der Waals surface area (Å²) < 4.78 is 15.2. The van der Waals surface area contributed by atoms with Gasteiger partial charge in [0, 0.05) is 13.1 Å². The van der Waals surface area contributed by atoms with Crippen molar-refractivity contribution >= 4 is 11.8 Å². The maximum absolute atomic E-state index is 11.5. The molecule has 0 spiro atoms. The number of nitrogens with zero attached hydrogens (tertiary/aromatic N) is 1. The molecule has 0 bridgehead atoms. The molecule has 0 heterocycles. The first-order valence-electron chi connectivity index (χ1n) is 5.26. The molecule has 0 aromatic heterocycles. The number of anilines is 1. The van der Waals surface area contributed by atoms with Gasteiger partial charge in [-0.1, -0.05) is 0 Å². The van der Waals surface area contributed by atoms with Crippen molar-refractivity contribution in [1.29, 1.82) is 0 Å². The van der Waals surface area contributed by atoms with Crippen LogP contribution in [0.3, 0.4) is 0 Å². The number of rotatable bonds is 4. The Morgan fingerprint density at radius 3 is 2.41 bits per heavy atom. The highest BCUT2D eigenvalue weighted by Gasteiger charge is 2.14. The molecule has 17 heavy (non-hydrogen) atoms. The predicted octanol–water partition coefficient (Wildman–Crippen LogP) is 2.30. The zero-order chi connectivity index (χ0) is 12.8. The molecule has 0 aliphatic rings. The van der Waals surface area contributed by atoms with Gasteiger partial charge in [-0.15, -0.1) is 0 Å². The summed E-state index contributed by atoms with van der Waals surface area (Å²) in [4.78, 5) is 12.9. The quantitative estimate of drug-likeness (QED) is 0.808. The number of ether oxygens (including phenoxy) is 3. The molecule has 5 heteroatoms. The topological polar surface area (TPSA) is 48.0 Å². The van der Waals surface area contributed by atoms with Gasteiger partial charge >= 0.3 is 6.09 Å². The van der Waals surface area contributed by atoms with Crippen molar-refractivity contribution in [3.05, 3.63) is 18.2 Å². The van der Waals surface area contributed by atoms with Crippen LogP contribution in [0.5, 0.6) is 11.5 Å². The van der Waals surface area contributed by atoms with E-state index in [0.717, 1.165) is 0 Å². The number of benzene rings is 1. The first kappa shape index (κ1) is 13.2. The average Bonchev–Trinajstić information content (AvgIpc) is 2.37. The third kappa shape index (κ3) is 3.03. The monoisotopic (exact) mass is 239 g/mol. The van der Waals surface area contributed by atoms with E-state index >= 15 is 0 Å². The summed E-state index contributed by atoms with van der Waals surface area (Å²) in [5.74, 6) is 1.19. The number of methoxy groups -OCH3 is 2. The smallest absolute Gasteiger partial charge is 0.413 e. The molecule has 0 atom stereocenters. The van der Waals surface area contributed by atoms with Crippen LogP contribution < -0.4 is 14.4 Å². The molecule has 0 aliphatic carbocycles. The molecule has 0 saturated heterocycles. The zero-order valence-electron chi connectivity index (χ0n) is 10.5. The Labute approximate surface area is 101 Å². The number of carbonyl (C=O) groups is 1. The van der Waals surface area contributed by atoms with Crippen molar-refractivity contribution in [3.8, 4) is 11.5 Å². The maximum atomic E-state index is 11.5. The summed E-state index contributed by atoms with van der Waals surface area (Å²) in [6, 6.07) is 5.22. The van der Waals surface area contributed by atoms with Crippen LogP contribution in [0.15, 0.2) is 18.2 Å². The first-order valence-corrected chi connectivity index (χ1v) is 5.26. The summed E-state index contributed by atoms with van der Waals surface area (Å²) in [5.41, 5.74) is 0.682. The van der Waals surface area contributed by atoms with Crippen LogP contribution in [-0.4, -0.2) is 34.0 Å². The van der Waals surface area contributed by atoms with Crippen LogP contribution in [0.2, 0.25) is 0 Å². The van der Waals surface area contributed by atoms with Gasteiger partial charge in [0.1, 0.15) is 0 Å². The minimum Gasteiger partial charge on any atom is -0.493 e. The second-order valence-electron chi connectivity index (χ2n) is 3.30. The van der Waals surface area contributed by atoms with E-state index in [0.29, 0.717) is 23.8 Å². The first-order chi connectivity index (χ1) is 8.13. The van der Waals surface area contributed by atoms with E-state index in [-0.39, 0.29) is 0 Å². The normalized spacial score (nSPS) is 9.65. The number of hydrogen-bond acceptors (Lipinski definition) is 4. The highest BCUT2D eigenvalue weighted by atomic mass is 16.6. The van der Waals surface area contributed by atoms with E-state index in [4.69, 9.17) is 14.2 Å². The molecule has 0 N–H and O–H groups in total. The Morgan fingerprint density at radius 1 is 1.24 bits per heavy atom. The minimum atomic E-state index is -0.403. The molecule has 0 fully saturated rings. The molecule has 1 rings (SSSR count). The molecule has 5 nitrogen and oxygen atoms in total. The van der Waals surface area contributed by atoms with Crippen molar-refractivity contribution in [2.24, 2.45) is 0 Å². The third-order valence-corrected chi connectivity index (χ3v) is 2.30. The van der Waals surface area contributed by atoms with Gasteiger partial charge in [0.15, 0.2) is 11.5 Å². The van der Waals surface area contributed by atoms with E-state index in [9.17, 15) is 4.79 Å². The van der Waals surface area contributed by atoms with Gasteiger partial charge in [-0.25, -0.2) is 4.79 Å². The standard InChI is InChI=1S/C12H17NO4/c1-5-17-12(14)13(2)9-6-7-10(15-3)11(8-9)16-4/h6-8H,5H2,1-4H3. The maximum Gasteiger partial charge on any atom is 0.413 e. The average molecular weight is 239 g/mol. The molecule has 1 aromatic rings. The van der Waals surface area contributed by atoms with Crippen molar-refractivity contribution in [3.63, 3.8) is 0 Å². The van der Waals surface area contributed by atoms with Gasteiger partial charge in [0.2, 0.25) is 0 Å². The molecule has 0 aliphatic heterocycles. The Morgan fingerprint density at radius 2 is 1.88 bits per heavy atom. The van der Waals surface area contributed by atoms with Crippen LogP contribution in [0, 0.1) is 0 Å². The summed E-state index contributed by atoms with van der Waals surface area (Å²) in [6.45, 7) is 2.11. The molecule has 1 amide bonds. The van der Waals surface area contributed by atoms with Crippen LogP contribution >= 0.6 is 0 Å². The van der Waals surface area contributed by atoms with Gasteiger partial charge < -0.3 is 14.2 Å². The van der Waals surface area contributed by atoms with E-state index in [1.54, 1.807) is 46.4 Å². The summed E-state index contributed by atoms with van der Waals surface area (Å²) in [6.07, 6.45) is -0.403. The molecule has 0 radical (unpaired) electrons. The van der Waals surface area contributed by atoms with E-state index in [2.05, 4.69) is 0 Å². The largest absolute Gasteiger partial charge is 0.493 e. The van der Waals surface area contributed by atoms with Crippen molar-refractivity contribution in [2.75, 3.05) is 32.8 Å². The van der Waals surface area contributed by atoms with Gasteiger partial charge in [0.25, 0.3) is 0 Å². The van der Waals surface area contributed by atoms with Crippen LogP contribution in [0.1, 0.15) is 6.92 Å². The van der Waals surface area contributed by atoms with Gasteiger partial charge in [-0.05, 0) is 19.1 Å².